The minimum absolute atomic E-state index is 0.0685. The molecular formula is C23H31N5O2. The van der Waals surface area contributed by atoms with Crippen molar-refractivity contribution in [3.8, 4) is 0 Å². The summed E-state index contributed by atoms with van der Waals surface area (Å²) in [5.41, 5.74) is 1.83. The number of hydrogen-bond donors (Lipinski definition) is 2. The van der Waals surface area contributed by atoms with E-state index >= 15 is 0 Å². The molecule has 4 rings (SSSR count). The second-order valence-corrected chi connectivity index (χ2v) is 9.06. The van der Waals surface area contributed by atoms with E-state index in [-0.39, 0.29) is 12.1 Å². The molecule has 30 heavy (non-hydrogen) atoms. The fourth-order valence-corrected chi connectivity index (χ4v) is 4.38. The zero-order chi connectivity index (χ0) is 21.1. The first-order valence-corrected chi connectivity index (χ1v) is 10.8. The molecule has 1 unspecified atom stereocenters. The molecule has 7 heteroatoms. The summed E-state index contributed by atoms with van der Waals surface area (Å²) in [7, 11) is 0. The molecule has 160 valence electrons. The summed E-state index contributed by atoms with van der Waals surface area (Å²) >= 11 is 0. The fraction of sp³-hybridized carbons (Fsp3) is 0.522. The first-order chi connectivity index (χ1) is 14.4. The van der Waals surface area contributed by atoms with E-state index in [1.807, 2.05) is 39.0 Å². The molecule has 2 aromatic rings. The number of nitrogens with zero attached hydrogens (tertiary/aromatic N) is 3. The number of carbonyl (C=O) groups excluding carboxylic acids is 1. The van der Waals surface area contributed by atoms with Gasteiger partial charge in [-0.25, -0.2) is 14.8 Å². The minimum Gasteiger partial charge on any atom is -0.444 e. The van der Waals surface area contributed by atoms with E-state index in [1.165, 1.54) is 5.56 Å². The summed E-state index contributed by atoms with van der Waals surface area (Å²) in [6, 6.07) is 10.1. The van der Waals surface area contributed by atoms with Crippen molar-refractivity contribution in [3.63, 3.8) is 0 Å². The molecule has 1 amide bonds. The fourth-order valence-electron chi connectivity index (χ4n) is 4.38. The van der Waals surface area contributed by atoms with E-state index in [0.717, 1.165) is 56.1 Å². The van der Waals surface area contributed by atoms with Crippen molar-refractivity contribution in [2.24, 2.45) is 5.92 Å². The monoisotopic (exact) mass is 409 g/mol. The number of benzene rings is 1. The molecule has 1 fully saturated rings. The third kappa shape index (κ3) is 4.66. The number of aromatic nitrogens is 2. The number of alkyl carbamates (subject to hydrolysis) is 1. The molecule has 7 nitrogen and oxygen atoms in total. The van der Waals surface area contributed by atoms with Gasteiger partial charge in [0.15, 0.2) is 0 Å². The highest BCUT2D eigenvalue weighted by atomic mass is 16.6. The summed E-state index contributed by atoms with van der Waals surface area (Å²) < 4.78 is 5.54. The minimum atomic E-state index is -0.518. The molecule has 0 bridgehead atoms. The largest absolute Gasteiger partial charge is 0.444 e. The first kappa shape index (κ1) is 20.4. The third-order valence-electron chi connectivity index (χ3n) is 5.73. The highest BCUT2D eigenvalue weighted by Crippen LogP contribution is 2.35. The van der Waals surface area contributed by atoms with Crippen LogP contribution in [-0.2, 0) is 11.2 Å². The van der Waals surface area contributed by atoms with E-state index in [4.69, 9.17) is 4.74 Å². The zero-order valence-electron chi connectivity index (χ0n) is 18.0. The van der Waals surface area contributed by atoms with Crippen LogP contribution in [-0.4, -0.2) is 41.3 Å². The molecule has 2 aliphatic heterocycles. The van der Waals surface area contributed by atoms with Crippen LogP contribution in [0.2, 0.25) is 0 Å². The number of piperidine rings is 1. The molecule has 2 N–H and O–H groups in total. The van der Waals surface area contributed by atoms with Crippen LogP contribution in [0.25, 0.3) is 0 Å². The molecule has 0 aliphatic carbocycles. The van der Waals surface area contributed by atoms with Gasteiger partial charge in [-0.15, -0.1) is 0 Å². The maximum atomic E-state index is 12.5. The summed E-state index contributed by atoms with van der Waals surface area (Å²) in [4.78, 5) is 23.8. The van der Waals surface area contributed by atoms with Gasteiger partial charge in [0.2, 0.25) is 0 Å². The molecule has 1 atom stereocenters. The lowest BCUT2D eigenvalue weighted by Gasteiger charge is -2.37. The van der Waals surface area contributed by atoms with Gasteiger partial charge in [0.1, 0.15) is 23.6 Å². The Balaban J connectivity index is 1.47. The Morgan fingerprint density at radius 2 is 1.93 bits per heavy atom. The highest BCUT2D eigenvalue weighted by molar-refractivity contribution is 5.68. The molecule has 1 saturated heterocycles. The van der Waals surface area contributed by atoms with Crippen LogP contribution in [0.3, 0.4) is 0 Å². The van der Waals surface area contributed by atoms with Crippen molar-refractivity contribution >= 4 is 17.7 Å². The normalized spacial score (nSPS) is 17.8. The van der Waals surface area contributed by atoms with Crippen molar-refractivity contribution in [2.75, 3.05) is 29.9 Å². The highest BCUT2D eigenvalue weighted by Gasteiger charge is 2.32. The summed E-state index contributed by atoms with van der Waals surface area (Å²) in [5, 5.41) is 6.47. The predicted octanol–water partition coefficient (Wildman–Crippen LogP) is 3.93. The van der Waals surface area contributed by atoms with Gasteiger partial charge < -0.3 is 20.3 Å². The third-order valence-corrected chi connectivity index (χ3v) is 5.73. The van der Waals surface area contributed by atoms with Crippen molar-refractivity contribution < 1.29 is 9.53 Å². The van der Waals surface area contributed by atoms with E-state index in [0.29, 0.717) is 5.92 Å². The van der Waals surface area contributed by atoms with E-state index < -0.39 is 5.60 Å². The number of amides is 1. The summed E-state index contributed by atoms with van der Waals surface area (Å²) in [5.74, 6) is 2.36. The van der Waals surface area contributed by atoms with Crippen molar-refractivity contribution in [3.05, 3.63) is 47.8 Å². The lowest BCUT2D eigenvalue weighted by Crippen LogP contribution is -2.42. The molecule has 2 aliphatic rings. The van der Waals surface area contributed by atoms with Gasteiger partial charge in [-0.2, -0.15) is 0 Å². The molecule has 3 heterocycles. The average Bonchev–Trinajstić information content (AvgIpc) is 3.21. The van der Waals surface area contributed by atoms with Gasteiger partial charge in [-0.1, -0.05) is 30.3 Å². The molecule has 1 aromatic heterocycles. The first-order valence-electron chi connectivity index (χ1n) is 10.8. The quantitative estimate of drug-likeness (QED) is 0.797. The number of fused-ring (bicyclic) bond motifs is 1. The van der Waals surface area contributed by atoms with E-state index in [1.54, 1.807) is 6.33 Å². The molecular weight excluding hydrogens is 378 g/mol. The Labute approximate surface area is 178 Å². The van der Waals surface area contributed by atoms with Crippen LogP contribution in [0, 0.1) is 5.92 Å². The maximum absolute atomic E-state index is 12.5. The Morgan fingerprint density at radius 3 is 2.63 bits per heavy atom. The van der Waals surface area contributed by atoms with Gasteiger partial charge in [-0.3, -0.25) is 0 Å². The summed E-state index contributed by atoms with van der Waals surface area (Å²) in [6.07, 6.45) is 4.20. The Morgan fingerprint density at radius 1 is 1.20 bits per heavy atom. The molecule has 0 spiro atoms. The molecule has 1 aromatic carbocycles. The standard InChI is InChI=1S/C23H31N5O2/c1-23(2,3)30-22(29)27-19(16-7-5-4-6-8-16)17-10-13-28(14-11-17)21-18-9-12-24-20(18)25-15-26-21/h4-8,15,17,19H,9-14H2,1-3H3,(H,27,29)(H,24,25,26). The van der Waals surface area contributed by atoms with Gasteiger partial charge in [-0.05, 0) is 51.5 Å². The van der Waals surface area contributed by atoms with Gasteiger partial charge >= 0.3 is 6.09 Å². The van der Waals surface area contributed by atoms with Crippen LogP contribution in [0.4, 0.5) is 16.4 Å². The zero-order valence-corrected chi connectivity index (χ0v) is 18.0. The van der Waals surface area contributed by atoms with Gasteiger partial charge in [0.25, 0.3) is 0 Å². The lowest BCUT2D eigenvalue weighted by atomic mass is 9.85. The second kappa shape index (κ2) is 8.50. The smallest absolute Gasteiger partial charge is 0.408 e. The molecule has 0 radical (unpaired) electrons. The van der Waals surface area contributed by atoms with Crippen LogP contribution in [0.1, 0.15) is 50.8 Å². The predicted molar refractivity (Wildman–Crippen MR) is 118 cm³/mol. The van der Waals surface area contributed by atoms with Crippen LogP contribution in [0.15, 0.2) is 36.7 Å². The second-order valence-electron chi connectivity index (χ2n) is 9.06. The Hall–Kier alpha value is -2.83. The van der Waals surface area contributed by atoms with Crippen LogP contribution >= 0.6 is 0 Å². The van der Waals surface area contributed by atoms with Gasteiger partial charge in [0, 0.05) is 25.2 Å². The van der Waals surface area contributed by atoms with E-state index in [2.05, 4.69) is 37.6 Å². The Bertz CT molecular complexity index is 873. The average molecular weight is 410 g/mol. The number of carbonyl (C=O) groups is 1. The van der Waals surface area contributed by atoms with Crippen molar-refractivity contribution in [1.82, 2.24) is 15.3 Å². The Kier molecular flexibility index (Phi) is 5.79. The number of ether oxygens (including phenoxy) is 1. The number of nitrogens with one attached hydrogen (secondary N) is 2. The SMILES string of the molecule is CC(C)(C)OC(=O)NC(c1ccccc1)C1CCN(c2ncnc3c2CCN3)CC1. The van der Waals surface area contributed by atoms with Crippen LogP contribution < -0.4 is 15.5 Å². The topological polar surface area (TPSA) is 79.4 Å². The summed E-state index contributed by atoms with van der Waals surface area (Å²) in [6.45, 7) is 8.40. The van der Waals surface area contributed by atoms with Crippen LogP contribution in [0.5, 0.6) is 0 Å². The number of anilines is 2. The maximum Gasteiger partial charge on any atom is 0.408 e. The van der Waals surface area contributed by atoms with Gasteiger partial charge in [0.05, 0.1) is 6.04 Å². The lowest BCUT2D eigenvalue weighted by molar-refractivity contribution is 0.0479. The number of rotatable bonds is 4. The van der Waals surface area contributed by atoms with Crippen molar-refractivity contribution in [2.45, 2.75) is 51.7 Å². The molecule has 0 saturated carbocycles. The van der Waals surface area contributed by atoms with Crippen molar-refractivity contribution in [1.29, 1.82) is 0 Å². The van der Waals surface area contributed by atoms with E-state index in [9.17, 15) is 4.79 Å². The number of hydrogen-bond acceptors (Lipinski definition) is 6.